The van der Waals surface area contributed by atoms with Gasteiger partial charge in [0.1, 0.15) is 42.3 Å². The fraction of sp³-hybridized carbons (Fsp3) is 0.472. The van der Waals surface area contributed by atoms with E-state index in [9.17, 15) is 53.1 Å². The van der Waals surface area contributed by atoms with Crippen LogP contribution in [0.4, 0.5) is 0 Å². The minimum atomic E-state index is -1.50. The zero-order valence-corrected chi connectivity index (χ0v) is 45.0. The Morgan fingerprint density at radius 3 is 1.76 bits per heavy atom. The second-order valence-electron chi connectivity index (χ2n) is 19.1. The highest BCUT2D eigenvalue weighted by Gasteiger charge is 2.34. The third-order valence-electron chi connectivity index (χ3n) is 12.7. The van der Waals surface area contributed by atoms with Gasteiger partial charge in [0.2, 0.25) is 53.2 Å². The quantitative estimate of drug-likeness (QED) is 0.0135. The Morgan fingerprint density at radius 1 is 0.613 bits per heavy atom. The van der Waals surface area contributed by atoms with Crippen molar-refractivity contribution < 1.29 is 53.1 Å². The van der Waals surface area contributed by atoms with Gasteiger partial charge in [-0.1, -0.05) is 68.3 Å². The van der Waals surface area contributed by atoms with Gasteiger partial charge in [-0.2, -0.15) is 0 Å². The van der Waals surface area contributed by atoms with E-state index in [1.807, 2.05) is 25.1 Å². The van der Waals surface area contributed by atoms with Crippen molar-refractivity contribution in [2.45, 2.75) is 140 Å². The Morgan fingerprint density at radius 2 is 1.18 bits per heavy atom. The lowest BCUT2D eigenvalue weighted by Crippen LogP contribution is -2.60. The van der Waals surface area contributed by atoms with E-state index in [2.05, 4.69) is 62.5 Å². The van der Waals surface area contributed by atoms with Gasteiger partial charge in [-0.25, -0.2) is 4.98 Å². The zero-order valence-electron chi connectivity index (χ0n) is 45.0. The second-order valence-corrected chi connectivity index (χ2v) is 19.1. The van der Waals surface area contributed by atoms with Crippen molar-refractivity contribution in [1.29, 1.82) is 0 Å². The van der Waals surface area contributed by atoms with E-state index in [0.717, 1.165) is 10.9 Å². The molecule has 0 unspecified atom stereocenters. The van der Waals surface area contributed by atoms with Gasteiger partial charge in [0.25, 0.3) is 0 Å². The number of carbonyl (C=O) groups is 10. The number of aliphatic carboxylic acids is 1. The first-order chi connectivity index (χ1) is 38.3. The number of nitrogens with one attached hydrogen (secondary N) is 10. The minimum absolute atomic E-state index is 0.0224. The molecule has 80 heavy (non-hydrogen) atoms. The van der Waals surface area contributed by atoms with Crippen molar-refractivity contribution in [3.05, 3.63) is 90.1 Å². The van der Waals surface area contributed by atoms with Crippen molar-refractivity contribution in [2.24, 2.45) is 27.9 Å². The summed E-state index contributed by atoms with van der Waals surface area (Å²) in [5.41, 5.74) is 24.6. The van der Waals surface area contributed by atoms with Gasteiger partial charge < -0.3 is 80.5 Å². The summed E-state index contributed by atoms with van der Waals surface area (Å²) in [6, 6.07) is 6.48. The number of aliphatic imine (C=N–C) groups is 1. The van der Waals surface area contributed by atoms with E-state index >= 15 is 0 Å². The van der Waals surface area contributed by atoms with E-state index in [0.29, 0.717) is 49.0 Å². The molecule has 0 radical (unpaired) electrons. The lowest BCUT2D eigenvalue weighted by molar-refractivity contribution is -0.138. The number of unbranched alkanes of at least 4 members (excludes halogenated alkanes) is 2. The topological polar surface area (TPSA) is 448 Å². The number of H-pyrrole nitrogens is 2. The molecule has 27 nitrogen and oxygen atoms in total. The Bertz CT molecular complexity index is 2730. The predicted molar refractivity (Wildman–Crippen MR) is 295 cm³/mol. The van der Waals surface area contributed by atoms with Crippen molar-refractivity contribution in [3.8, 4) is 0 Å². The van der Waals surface area contributed by atoms with E-state index in [1.165, 1.54) is 19.4 Å². The maximum Gasteiger partial charge on any atom is 0.303 e. The molecule has 0 saturated carbocycles. The molecule has 0 aliphatic heterocycles. The molecule has 0 aliphatic rings. The first kappa shape index (κ1) is 63.7. The van der Waals surface area contributed by atoms with Crippen LogP contribution in [0, 0.1) is 0 Å². The summed E-state index contributed by atoms with van der Waals surface area (Å²) in [7, 11) is 0. The number of imidazole rings is 1. The number of guanidine groups is 1. The highest BCUT2D eigenvalue weighted by Crippen LogP contribution is 2.20. The van der Waals surface area contributed by atoms with E-state index in [-0.39, 0.29) is 57.5 Å². The van der Waals surface area contributed by atoms with Gasteiger partial charge in [0.05, 0.1) is 12.9 Å². The van der Waals surface area contributed by atoms with E-state index < -0.39 is 121 Å². The smallest absolute Gasteiger partial charge is 0.303 e. The molecule has 7 atom stereocenters. The number of nitrogens with zero attached hydrogens (tertiary/aromatic N) is 2. The lowest BCUT2D eigenvalue weighted by Gasteiger charge is -2.28. The molecule has 0 aliphatic carbocycles. The van der Waals surface area contributed by atoms with Gasteiger partial charge in [-0.3, -0.25) is 52.9 Å². The molecule has 2 heterocycles. The summed E-state index contributed by atoms with van der Waals surface area (Å²) < 4.78 is 0. The fourth-order valence-corrected chi connectivity index (χ4v) is 8.52. The second kappa shape index (κ2) is 33.4. The molecule has 27 heteroatoms. The van der Waals surface area contributed by atoms with Crippen LogP contribution >= 0.6 is 0 Å². The summed E-state index contributed by atoms with van der Waals surface area (Å²) in [4.78, 5) is 149. The first-order valence-electron chi connectivity index (χ1n) is 26.5. The highest BCUT2D eigenvalue weighted by molar-refractivity contribution is 5.98. The molecule has 0 spiro atoms. The summed E-state index contributed by atoms with van der Waals surface area (Å²) in [6.07, 6.45) is 5.74. The molecule has 2 aromatic carbocycles. The van der Waals surface area contributed by atoms with E-state index in [4.69, 9.17) is 22.9 Å². The fourth-order valence-electron chi connectivity index (χ4n) is 8.52. The average Bonchev–Trinajstić information content (AvgIpc) is 4.11. The van der Waals surface area contributed by atoms with Crippen LogP contribution < -0.4 is 65.5 Å². The average molecular weight is 1110 g/mol. The molecule has 0 bridgehead atoms. The normalized spacial score (nSPS) is 13.6. The van der Waals surface area contributed by atoms with Gasteiger partial charge in [0.15, 0.2) is 5.96 Å². The number of rotatable bonds is 36. The number of hydrogen-bond donors (Lipinski definition) is 15. The molecule has 4 rings (SSSR count). The number of hydrogen-bond acceptors (Lipinski definition) is 13. The molecule has 4 aromatic rings. The molecule has 0 saturated heterocycles. The zero-order chi connectivity index (χ0) is 58.6. The predicted octanol–water partition coefficient (Wildman–Crippen LogP) is -1.83. The third kappa shape index (κ3) is 22.2. The van der Waals surface area contributed by atoms with Crippen LogP contribution in [-0.2, 0) is 67.2 Å². The Kier molecular flexibility index (Phi) is 26.6. The van der Waals surface area contributed by atoms with Crippen LogP contribution in [0.5, 0.6) is 0 Å². The summed E-state index contributed by atoms with van der Waals surface area (Å²) in [6.45, 7) is 2.90. The van der Waals surface area contributed by atoms with Crippen LogP contribution in [-0.4, -0.2) is 147 Å². The van der Waals surface area contributed by atoms with Crippen molar-refractivity contribution >= 4 is 76.0 Å². The SMILES string of the molecule is CCCC[C@H](NC(C)=O)C(=O)N[C@@H](CCC(=O)O)C(=O)N[C@H](Cc1cnc[nH]1)C(=O)N[C@H](Cc1ccccc1)C(=O)N[C@@H](CCCN=C(N)N)C(=O)N[C@@H](Cc1c[nH]c2ccccc12)C(=O)NCC(=O)N[C@@H](CCCCN)C(N)=O. The number of primary amides is 1. The van der Waals surface area contributed by atoms with Gasteiger partial charge in [0, 0.05) is 68.1 Å². The lowest BCUT2D eigenvalue weighted by atomic mass is 10.0. The summed E-state index contributed by atoms with van der Waals surface area (Å²) in [5, 5.41) is 31.3. The summed E-state index contributed by atoms with van der Waals surface area (Å²) in [5.74, 6) is -8.62. The van der Waals surface area contributed by atoms with Crippen LogP contribution in [0.2, 0.25) is 0 Å². The molecule has 9 amide bonds. The number of carboxylic acid groups (broad SMARTS) is 1. The van der Waals surface area contributed by atoms with Gasteiger partial charge >= 0.3 is 5.97 Å². The maximum atomic E-state index is 14.7. The summed E-state index contributed by atoms with van der Waals surface area (Å²) >= 11 is 0. The maximum absolute atomic E-state index is 14.7. The van der Waals surface area contributed by atoms with Crippen molar-refractivity contribution in [1.82, 2.24) is 57.5 Å². The van der Waals surface area contributed by atoms with Crippen molar-refractivity contribution in [3.63, 3.8) is 0 Å². The first-order valence-corrected chi connectivity index (χ1v) is 26.5. The monoisotopic (exact) mass is 1110 g/mol. The Balaban J connectivity index is 1.66. The minimum Gasteiger partial charge on any atom is -0.481 e. The van der Waals surface area contributed by atoms with Crippen LogP contribution in [0.1, 0.15) is 94.9 Å². The van der Waals surface area contributed by atoms with Gasteiger partial charge in [-0.15, -0.1) is 0 Å². The Hall–Kier alpha value is -8.88. The van der Waals surface area contributed by atoms with Crippen LogP contribution in [0.15, 0.2) is 78.3 Å². The van der Waals surface area contributed by atoms with Crippen LogP contribution in [0.25, 0.3) is 10.9 Å². The molecule has 0 fully saturated rings. The Labute approximate surface area is 462 Å². The number of aromatic amines is 2. The third-order valence-corrected chi connectivity index (χ3v) is 12.7. The molecule has 19 N–H and O–H groups in total. The van der Waals surface area contributed by atoms with E-state index in [1.54, 1.807) is 42.6 Å². The highest BCUT2D eigenvalue weighted by atomic mass is 16.4. The standard InChI is InChI=1S/C53H76N16O11/c1-3-4-16-38(63-31(2)70)48(76)66-40(20-21-45(72)73)50(78)69-43(26-34-28-58-30-62-34)52(80)67-41(24-32-13-6-5-7-14-32)51(79)65-39(19-12-23-59-53(56)57)49(77)68-42(25-33-27-60-36-17-9-8-15-35(33)36)47(75)61-29-44(71)64-37(46(55)74)18-10-11-22-54/h5-9,13-15,17,27-28,30,37-43,60H,3-4,10-12,16,18-26,29,54H2,1-2H3,(H2,55,74)(H,58,62)(H,61,75)(H,63,70)(H,64,71)(H,65,79)(H,66,76)(H,67,80)(H,68,77)(H,69,78)(H,72,73)(H4,56,57,59)/t37-,38-,39-,40-,41+,42-,43+/m0/s1. The molecular formula is C53H76N16O11. The number of carbonyl (C=O) groups excluding carboxylic acids is 9. The number of nitrogens with two attached hydrogens (primary N) is 4. The number of fused-ring (bicyclic) bond motifs is 1. The largest absolute Gasteiger partial charge is 0.481 e. The van der Waals surface area contributed by atoms with Gasteiger partial charge in [-0.05, 0) is 68.7 Å². The number of para-hydroxylation sites is 1. The number of carboxylic acids is 1. The van der Waals surface area contributed by atoms with Crippen molar-refractivity contribution in [2.75, 3.05) is 19.6 Å². The van der Waals surface area contributed by atoms with Crippen LogP contribution in [0.3, 0.4) is 0 Å². The molecular weight excluding hydrogens is 1040 g/mol. The molecule has 2 aromatic heterocycles. The number of benzene rings is 2. The number of amides is 9. The molecule has 434 valence electrons. The number of aromatic nitrogens is 3.